The Bertz CT molecular complexity index is 926. The summed E-state index contributed by atoms with van der Waals surface area (Å²) >= 11 is 0. The lowest BCUT2D eigenvalue weighted by atomic mass is 9.75. The summed E-state index contributed by atoms with van der Waals surface area (Å²) in [5, 5.41) is 1.10. The number of ether oxygens (including phenoxy) is 1. The fourth-order valence-corrected chi connectivity index (χ4v) is 4.09. The standard InChI is InChI=1S/C23H27NO3/c1-16-4-5-17-13-19(27-21(17)12-16)7-6-18-14-23(2,3)15-20(25)22(18)24-8-10-26-11-9-24/h4-7,12-13H,8-11,14-15H2,1-3H3/b7-6+. The third kappa shape index (κ3) is 3.86. The van der Waals surface area contributed by atoms with E-state index >= 15 is 0 Å². The van der Waals surface area contributed by atoms with Crippen LogP contribution in [0.3, 0.4) is 0 Å². The van der Waals surface area contributed by atoms with Crippen LogP contribution in [-0.2, 0) is 9.53 Å². The molecule has 4 nitrogen and oxygen atoms in total. The molecule has 0 atom stereocenters. The van der Waals surface area contributed by atoms with E-state index in [-0.39, 0.29) is 11.2 Å². The second-order valence-corrected chi connectivity index (χ2v) is 8.44. The molecule has 0 saturated carbocycles. The van der Waals surface area contributed by atoms with Gasteiger partial charge >= 0.3 is 0 Å². The minimum absolute atomic E-state index is 0.0163. The maximum Gasteiger partial charge on any atom is 0.179 e. The molecular weight excluding hydrogens is 338 g/mol. The van der Waals surface area contributed by atoms with Crippen molar-refractivity contribution < 1.29 is 13.9 Å². The summed E-state index contributed by atoms with van der Waals surface area (Å²) < 4.78 is 11.4. The van der Waals surface area contributed by atoms with Gasteiger partial charge < -0.3 is 14.1 Å². The summed E-state index contributed by atoms with van der Waals surface area (Å²) in [6, 6.07) is 8.28. The number of hydrogen-bond acceptors (Lipinski definition) is 4. The van der Waals surface area contributed by atoms with E-state index in [0.29, 0.717) is 19.6 Å². The van der Waals surface area contributed by atoms with Crippen molar-refractivity contribution in [2.75, 3.05) is 26.3 Å². The van der Waals surface area contributed by atoms with Gasteiger partial charge in [0.2, 0.25) is 0 Å². The molecular formula is C23H27NO3. The molecule has 0 spiro atoms. The van der Waals surface area contributed by atoms with Gasteiger partial charge in [0.1, 0.15) is 11.3 Å². The van der Waals surface area contributed by atoms with Gasteiger partial charge in [-0.2, -0.15) is 0 Å². The zero-order valence-electron chi connectivity index (χ0n) is 16.4. The first kappa shape index (κ1) is 18.1. The van der Waals surface area contributed by atoms with E-state index in [0.717, 1.165) is 47.5 Å². The Morgan fingerprint density at radius 1 is 1.07 bits per heavy atom. The lowest BCUT2D eigenvalue weighted by molar-refractivity contribution is -0.120. The summed E-state index contributed by atoms with van der Waals surface area (Å²) in [5.41, 5.74) is 4.05. The van der Waals surface area contributed by atoms with E-state index in [1.165, 1.54) is 5.56 Å². The Hall–Kier alpha value is -2.33. The number of fused-ring (bicyclic) bond motifs is 1. The highest BCUT2D eigenvalue weighted by Gasteiger charge is 2.34. The molecule has 0 N–H and O–H groups in total. The molecule has 1 aliphatic carbocycles. The minimum atomic E-state index is -0.0163. The second-order valence-electron chi connectivity index (χ2n) is 8.44. The van der Waals surface area contributed by atoms with Crippen LogP contribution in [0.4, 0.5) is 0 Å². The maximum absolute atomic E-state index is 12.9. The largest absolute Gasteiger partial charge is 0.457 e. The van der Waals surface area contributed by atoms with Crippen LogP contribution in [0.15, 0.2) is 46.0 Å². The lowest BCUT2D eigenvalue weighted by Crippen LogP contribution is -2.41. The number of furan rings is 1. The summed E-state index contributed by atoms with van der Waals surface area (Å²) in [6.07, 6.45) is 5.57. The number of aryl methyl sites for hydroxylation is 1. The van der Waals surface area contributed by atoms with Gasteiger partial charge in [-0.3, -0.25) is 4.79 Å². The predicted molar refractivity (Wildman–Crippen MR) is 107 cm³/mol. The quantitative estimate of drug-likeness (QED) is 0.789. The Morgan fingerprint density at radius 2 is 1.85 bits per heavy atom. The molecule has 4 heteroatoms. The highest BCUT2D eigenvalue weighted by atomic mass is 16.5. The first-order valence-corrected chi connectivity index (χ1v) is 9.69. The summed E-state index contributed by atoms with van der Waals surface area (Å²) in [7, 11) is 0. The summed E-state index contributed by atoms with van der Waals surface area (Å²) in [4.78, 5) is 15.1. The number of Topliss-reactive ketones (excluding diaryl/α,β-unsaturated/α-hetero) is 1. The van der Waals surface area contributed by atoms with Gasteiger partial charge in [0.15, 0.2) is 5.78 Å². The number of carbonyl (C=O) groups excluding carboxylic acids is 1. The number of rotatable bonds is 3. The Morgan fingerprint density at radius 3 is 2.63 bits per heavy atom. The number of hydrogen-bond donors (Lipinski definition) is 0. The number of carbonyl (C=O) groups is 1. The van der Waals surface area contributed by atoms with Gasteiger partial charge in [0.25, 0.3) is 0 Å². The summed E-state index contributed by atoms with van der Waals surface area (Å²) in [6.45, 7) is 9.32. The van der Waals surface area contributed by atoms with Gasteiger partial charge in [0.05, 0.1) is 18.9 Å². The van der Waals surface area contributed by atoms with E-state index in [1.807, 2.05) is 6.08 Å². The topological polar surface area (TPSA) is 42.7 Å². The van der Waals surface area contributed by atoms with Gasteiger partial charge in [-0.1, -0.05) is 32.1 Å². The van der Waals surface area contributed by atoms with Gasteiger partial charge in [-0.15, -0.1) is 0 Å². The van der Waals surface area contributed by atoms with E-state index in [9.17, 15) is 4.79 Å². The average Bonchev–Trinajstić information content (AvgIpc) is 3.01. The normalized spacial score (nSPS) is 20.9. The van der Waals surface area contributed by atoms with Crippen LogP contribution in [-0.4, -0.2) is 37.0 Å². The Balaban J connectivity index is 1.69. The third-order valence-corrected chi connectivity index (χ3v) is 5.35. The van der Waals surface area contributed by atoms with E-state index < -0.39 is 0 Å². The SMILES string of the molecule is Cc1ccc2cc(/C=C/C3=C(N4CCOCC4)C(=O)CC(C)(C)C3)oc2c1. The second kappa shape index (κ2) is 7.01. The molecule has 0 amide bonds. The van der Waals surface area contributed by atoms with Crippen LogP contribution >= 0.6 is 0 Å². The maximum atomic E-state index is 12.9. The zero-order chi connectivity index (χ0) is 19.0. The monoisotopic (exact) mass is 365 g/mol. The molecule has 1 fully saturated rings. The molecule has 0 radical (unpaired) electrons. The number of nitrogens with zero attached hydrogens (tertiary/aromatic N) is 1. The van der Waals surface area contributed by atoms with Crippen LogP contribution in [0.2, 0.25) is 0 Å². The number of benzene rings is 1. The molecule has 1 aliphatic heterocycles. The first-order chi connectivity index (χ1) is 12.9. The predicted octanol–water partition coefficient (Wildman–Crippen LogP) is 4.73. The highest BCUT2D eigenvalue weighted by Crippen LogP contribution is 2.39. The summed E-state index contributed by atoms with van der Waals surface area (Å²) in [5.74, 6) is 1.06. The number of allylic oxidation sites excluding steroid dienone is 3. The number of ketones is 1. The van der Waals surface area contributed by atoms with Crippen molar-refractivity contribution in [1.82, 2.24) is 4.90 Å². The van der Waals surface area contributed by atoms with Crippen LogP contribution in [0.1, 0.15) is 38.0 Å². The molecule has 1 aromatic heterocycles. The molecule has 27 heavy (non-hydrogen) atoms. The van der Waals surface area contributed by atoms with Crippen molar-refractivity contribution in [2.24, 2.45) is 5.41 Å². The molecule has 2 aromatic rings. The average molecular weight is 365 g/mol. The molecule has 2 aliphatic rings. The van der Waals surface area contributed by atoms with E-state index in [2.05, 4.69) is 56.0 Å². The van der Waals surface area contributed by atoms with Crippen LogP contribution in [0.5, 0.6) is 0 Å². The van der Waals surface area contributed by atoms with Crippen molar-refractivity contribution in [2.45, 2.75) is 33.6 Å². The van der Waals surface area contributed by atoms with Gasteiger partial charge in [0, 0.05) is 24.9 Å². The zero-order valence-corrected chi connectivity index (χ0v) is 16.4. The van der Waals surface area contributed by atoms with Crippen molar-refractivity contribution in [1.29, 1.82) is 0 Å². The first-order valence-electron chi connectivity index (χ1n) is 9.69. The molecule has 142 valence electrons. The molecule has 0 unspecified atom stereocenters. The smallest absolute Gasteiger partial charge is 0.179 e. The van der Waals surface area contributed by atoms with Crippen molar-refractivity contribution in [3.63, 3.8) is 0 Å². The molecule has 0 bridgehead atoms. The van der Waals surface area contributed by atoms with Gasteiger partial charge in [-0.25, -0.2) is 0 Å². The fraction of sp³-hybridized carbons (Fsp3) is 0.435. The van der Waals surface area contributed by atoms with Gasteiger partial charge in [-0.05, 0) is 48.1 Å². The van der Waals surface area contributed by atoms with Crippen LogP contribution in [0.25, 0.3) is 17.0 Å². The Labute approximate surface area is 160 Å². The van der Waals surface area contributed by atoms with Crippen molar-refractivity contribution in [3.8, 4) is 0 Å². The molecule has 2 heterocycles. The van der Waals surface area contributed by atoms with Crippen molar-refractivity contribution >= 4 is 22.8 Å². The van der Waals surface area contributed by atoms with E-state index in [4.69, 9.17) is 9.15 Å². The van der Waals surface area contributed by atoms with E-state index in [1.54, 1.807) is 0 Å². The molecule has 1 aromatic carbocycles. The molecule has 1 saturated heterocycles. The van der Waals surface area contributed by atoms with Crippen LogP contribution in [0, 0.1) is 12.3 Å². The Kier molecular flexibility index (Phi) is 4.68. The van der Waals surface area contributed by atoms with Crippen LogP contribution < -0.4 is 0 Å². The third-order valence-electron chi connectivity index (χ3n) is 5.35. The number of morpholine rings is 1. The lowest BCUT2D eigenvalue weighted by Gasteiger charge is -2.38. The fourth-order valence-electron chi connectivity index (χ4n) is 4.09. The van der Waals surface area contributed by atoms with Crippen molar-refractivity contribution in [3.05, 3.63) is 52.9 Å². The minimum Gasteiger partial charge on any atom is -0.457 e. The highest BCUT2D eigenvalue weighted by molar-refractivity contribution is 5.97. The molecule has 4 rings (SSSR count).